The fraction of sp³-hybridized carbons (Fsp3) is 0. The molecule has 0 aliphatic carbocycles. The first-order valence-corrected chi connectivity index (χ1v) is 3.82. The summed E-state index contributed by atoms with van der Waals surface area (Å²) in [6.45, 7) is 0. The number of aromatic nitrogens is 3. The minimum Gasteiger partial charge on any atom is -0.313 e. The lowest BCUT2D eigenvalue weighted by Gasteiger charge is -1.95. The van der Waals surface area contributed by atoms with Crippen LogP contribution in [0.25, 0.3) is 11.3 Å². The van der Waals surface area contributed by atoms with Crippen LogP contribution in [0.3, 0.4) is 0 Å². The van der Waals surface area contributed by atoms with Crippen molar-refractivity contribution in [2.75, 3.05) is 0 Å². The maximum absolute atomic E-state index is 11.3. The second-order valence-corrected chi connectivity index (χ2v) is 2.51. The quantitative estimate of drug-likeness (QED) is 0.694. The Morgan fingerprint density at radius 3 is 2.92 bits per heavy atom. The Labute approximate surface area is 74.3 Å². The van der Waals surface area contributed by atoms with Crippen LogP contribution in [-0.4, -0.2) is 15.0 Å². The maximum atomic E-state index is 11.3. The van der Waals surface area contributed by atoms with Gasteiger partial charge in [0.25, 0.3) is 5.56 Å². The van der Waals surface area contributed by atoms with Crippen LogP contribution in [0.5, 0.6) is 0 Å². The molecule has 0 aromatic carbocycles. The van der Waals surface area contributed by atoms with E-state index < -0.39 is 0 Å². The van der Waals surface area contributed by atoms with E-state index in [0.29, 0.717) is 11.3 Å². The fourth-order valence-electron chi connectivity index (χ4n) is 1.05. The van der Waals surface area contributed by atoms with Crippen LogP contribution in [0.2, 0.25) is 0 Å². The van der Waals surface area contributed by atoms with E-state index in [4.69, 9.17) is 0 Å². The lowest BCUT2D eigenvalue weighted by Crippen LogP contribution is -2.08. The van der Waals surface area contributed by atoms with Gasteiger partial charge < -0.3 is 4.98 Å². The van der Waals surface area contributed by atoms with Gasteiger partial charge >= 0.3 is 0 Å². The lowest BCUT2D eigenvalue weighted by molar-refractivity contribution is 1.11. The normalized spacial score (nSPS) is 9.85. The summed E-state index contributed by atoms with van der Waals surface area (Å²) in [7, 11) is 0. The molecule has 0 unspecified atom stereocenters. The molecule has 13 heavy (non-hydrogen) atoms. The standard InChI is InChI=1S/C9H7N3O/c13-9-7(5-10-6-12-9)8-3-1-2-4-11-8/h1-6H,(H,10,12,13). The number of nitrogens with one attached hydrogen (secondary N) is 1. The minimum atomic E-state index is -0.172. The van der Waals surface area contributed by atoms with Gasteiger partial charge in [0, 0.05) is 12.4 Å². The molecule has 0 radical (unpaired) electrons. The fourth-order valence-corrected chi connectivity index (χ4v) is 1.05. The van der Waals surface area contributed by atoms with Crippen LogP contribution < -0.4 is 5.56 Å². The van der Waals surface area contributed by atoms with Crippen LogP contribution in [0.15, 0.2) is 41.7 Å². The molecule has 0 aliphatic rings. The van der Waals surface area contributed by atoms with Gasteiger partial charge in [-0.05, 0) is 12.1 Å². The van der Waals surface area contributed by atoms with Gasteiger partial charge in [0.05, 0.1) is 17.6 Å². The summed E-state index contributed by atoms with van der Waals surface area (Å²) in [5.74, 6) is 0. The highest BCUT2D eigenvalue weighted by atomic mass is 16.1. The van der Waals surface area contributed by atoms with Gasteiger partial charge in [-0.15, -0.1) is 0 Å². The highest BCUT2D eigenvalue weighted by Gasteiger charge is 2.01. The molecule has 2 aromatic heterocycles. The first-order valence-electron chi connectivity index (χ1n) is 3.82. The maximum Gasteiger partial charge on any atom is 0.260 e. The van der Waals surface area contributed by atoms with Gasteiger partial charge in [0.1, 0.15) is 0 Å². The first-order chi connectivity index (χ1) is 6.38. The van der Waals surface area contributed by atoms with E-state index in [-0.39, 0.29) is 5.56 Å². The van der Waals surface area contributed by atoms with E-state index in [1.54, 1.807) is 18.3 Å². The van der Waals surface area contributed by atoms with Crippen molar-refractivity contribution in [2.45, 2.75) is 0 Å². The Morgan fingerprint density at radius 1 is 1.31 bits per heavy atom. The molecular formula is C9H7N3O. The van der Waals surface area contributed by atoms with Crippen LogP contribution in [-0.2, 0) is 0 Å². The number of H-pyrrole nitrogens is 1. The van der Waals surface area contributed by atoms with E-state index in [9.17, 15) is 4.79 Å². The Kier molecular flexibility index (Phi) is 1.88. The van der Waals surface area contributed by atoms with Crippen molar-refractivity contribution in [2.24, 2.45) is 0 Å². The summed E-state index contributed by atoms with van der Waals surface area (Å²) in [6, 6.07) is 5.40. The number of nitrogens with zero attached hydrogens (tertiary/aromatic N) is 2. The Bertz CT molecular complexity index is 450. The molecule has 0 spiro atoms. The van der Waals surface area contributed by atoms with E-state index >= 15 is 0 Å². The summed E-state index contributed by atoms with van der Waals surface area (Å²) >= 11 is 0. The van der Waals surface area contributed by atoms with Crippen molar-refractivity contribution in [3.05, 3.63) is 47.3 Å². The average Bonchev–Trinajstić information content (AvgIpc) is 2.20. The molecule has 2 heterocycles. The van der Waals surface area contributed by atoms with Crippen molar-refractivity contribution in [1.82, 2.24) is 15.0 Å². The smallest absolute Gasteiger partial charge is 0.260 e. The Hall–Kier alpha value is -1.97. The molecule has 0 amide bonds. The average molecular weight is 173 g/mol. The van der Waals surface area contributed by atoms with Gasteiger partial charge in [-0.25, -0.2) is 4.98 Å². The van der Waals surface area contributed by atoms with Gasteiger partial charge in [0.2, 0.25) is 0 Å². The third kappa shape index (κ3) is 1.46. The molecule has 0 saturated carbocycles. The molecule has 4 heteroatoms. The topological polar surface area (TPSA) is 58.6 Å². The summed E-state index contributed by atoms with van der Waals surface area (Å²) in [5, 5.41) is 0. The van der Waals surface area contributed by atoms with Crippen LogP contribution in [0.4, 0.5) is 0 Å². The van der Waals surface area contributed by atoms with Crippen molar-refractivity contribution in [3.8, 4) is 11.3 Å². The molecule has 0 aliphatic heterocycles. The Morgan fingerprint density at radius 2 is 2.23 bits per heavy atom. The molecular weight excluding hydrogens is 166 g/mol. The van der Waals surface area contributed by atoms with E-state index in [2.05, 4.69) is 15.0 Å². The third-order valence-corrected chi connectivity index (χ3v) is 1.66. The molecule has 64 valence electrons. The number of hydrogen-bond donors (Lipinski definition) is 1. The summed E-state index contributed by atoms with van der Waals surface area (Å²) in [6.07, 6.45) is 4.50. The predicted molar refractivity (Wildman–Crippen MR) is 48.1 cm³/mol. The molecule has 0 saturated heterocycles. The number of hydrogen-bond acceptors (Lipinski definition) is 3. The second-order valence-electron chi connectivity index (χ2n) is 2.51. The highest BCUT2D eigenvalue weighted by Crippen LogP contribution is 2.07. The number of pyridine rings is 1. The Balaban J connectivity index is 2.60. The van der Waals surface area contributed by atoms with Crippen LogP contribution in [0, 0.1) is 0 Å². The van der Waals surface area contributed by atoms with Gasteiger partial charge in [-0.3, -0.25) is 9.78 Å². The van der Waals surface area contributed by atoms with Crippen molar-refractivity contribution in [3.63, 3.8) is 0 Å². The zero-order valence-electron chi connectivity index (χ0n) is 6.77. The molecule has 0 atom stereocenters. The lowest BCUT2D eigenvalue weighted by atomic mass is 10.2. The van der Waals surface area contributed by atoms with E-state index in [0.717, 1.165) is 0 Å². The summed E-state index contributed by atoms with van der Waals surface area (Å²) in [4.78, 5) is 21.7. The highest BCUT2D eigenvalue weighted by molar-refractivity contribution is 5.55. The number of aromatic amines is 1. The molecule has 0 bridgehead atoms. The van der Waals surface area contributed by atoms with Crippen molar-refractivity contribution < 1.29 is 0 Å². The van der Waals surface area contributed by atoms with Gasteiger partial charge in [0.15, 0.2) is 0 Å². The van der Waals surface area contributed by atoms with Gasteiger partial charge in [-0.1, -0.05) is 6.07 Å². The minimum absolute atomic E-state index is 0.172. The van der Waals surface area contributed by atoms with E-state index in [1.807, 2.05) is 6.07 Å². The zero-order chi connectivity index (χ0) is 9.10. The molecule has 2 rings (SSSR count). The van der Waals surface area contributed by atoms with E-state index in [1.165, 1.54) is 12.5 Å². The second kappa shape index (κ2) is 3.18. The number of rotatable bonds is 1. The monoisotopic (exact) mass is 173 g/mol. The molecule has 4 nitrogen and oxygen atoms in total. The predicted octanol–water partition coefficient (Wildman–Crippen LogP) is 0.832. The molecule has 0 fully saturated rings. The summed E-state index contributed by atoms with van der Waals surface area (Å²) < 4.78 is 0. The van der Waals surface area contributed by atoms with Crippen molar-refractivity contribution >= 4 is 0 Å². The third-order valence-electron chi connectivity index (χ3n) is 1.66. The molecule has 1 N–H and O–H groups in total. The zero-order valence-corrected chi connectivity index (χ0v) is 6.77. The summed E-state index contributed by atoms with van der Waals surface area (Å²) in [5.41, 5.74) is 0.952. The largest absolute Gasteiger partial charge is 0.313 e. The van der Waals surface area contributed by atoms with Gasteiger partial charge in [-0.2, -0.15) is 0 Å². The molecule has 2 aromatic rings. The van der Waals surface area contributed by atoms with Crippen molar-refractivity contribution in [1.29, 1.82) is 0 Å². The van der Waals surface area contributed by atoms with Crippen LogP contribution >= 0.6 is 0 Å². The first kappa shape index (κ1) is 7.67. The SMILES string of the molecule is O=c1[nH]cncc1-c1ccccn1. The van der Waals surface area contributed by atoms with Crippen LogP contribution in [0.1, 0.15) is 0 Å².